The van der Waals surface area contributed by atoms with Crippen molar-refractivity contribution in [1.82, 2.24) is 0 Å². The Hall–Kier alpha value is -1.98. The summed E-state index contributed by atoms with van der Waals surface area (Å²) in [5, 5.41) is 13.3. The molecule has 0 spiro atoms. The number of nitriles is 1. The smallest absolute Gasteiger partial charge is 0.102 e. The first-order valence-corrected chi connectivity index (χ1v) is 6.51. The minimum absolute atomic E-state index is 0.117. The van der Waals surface area contributed by atoms with Crippen molar-refractivity contribution in [3.8, 4) is 6.07 Å². The van der Waals surface area contributed by atoms with Crippen LogP contribution in [0, 0.1) is 18.3 Å². The van der Waals surface area contributed by atoms with E-state index >= 15 is 0 Å². The molecule has 2 aromatic carbocycles. The van der Waals surface area contributed by atoms with Crippen LogP contribution in [0.4, 0.5) is 5.69 Å². The van der Waals surface area contributed by atoms with Gasteiger partial charge in [-0.05, 0) is 43.2 Å². The van der Waals surface area contributed by atoms with E-state index in [0.29, 0.717) is 5.56 Å². The first-order valence-electron chi connectivity index (χ1n) is 6.13. The molecular weight excluding hydrogens is 256 g/mol. The maximum absolute atomic E-state index is 9.21. The van der Waals surface area contributed by atoms with Crippen LogP contribution in [0.3, 0.4) is 0 Å². The molecule has 0 aliphatic heterocycles. The Balaban J connectivity index is 2.24. The van der Waals surface area contributed by atoms with Crippen LogP contribution in [0.25, 0.3) is 0 Å². The van der Waals surface area contributed by atoms with Crippen molar-refractivity contribution >= 4 is 17.3 Å². The second-order valence-corrected chi connectivity index (χ2v) is 4.96. The highest BCUT2D eigenvalue weighted by molar-refractivity contribution is 6.30. The summed E-state index contributed by atoms with van der Waals surface area (Å²) in [7, 11) is 0. The lowest BCUT2D eigenvalue weighted by atomic mass is 10.0. The van der Waals surface area contributed by atoms with Crippen molar-refractivity contribution in [2.45, 2.75) is 19.9 Å². The highest BCUT2D eigenvalue weighted by atomic mass is 35.5. The number of halogens is 1. The topological polar surface area (TPSA) is 35.8 Å². The van der Waals surface area contributed by atoms with Crippen LogP contribution in [-0.4, -0.2) is 0 Å². The van der Waals surface area contributed by atoms with Gasteiger partial charge < -0.3 is 5.32 Å². The normalized spacial score (nSPS) is 11.7. The van der Waals surface area contributed by atoms with Gasteiger partial charge in [-0.1, -0.05) is 35.9 Å². The van der Waals surface area contributed by atoms with E-state index < -0.39 is 0 Å². The number of aryl methyl sites for hydroxylation is 1. The van der Waals surface area contributed by atoms with Crippen molar-refractivity contribution in [3.63, 3.8) is 0 Å². The highest BCUT2D eigenvalue weighted by Gasteiger charge is 2.09. The zero-order valence-electron chi connectivity index (χ0n) is 10.9. The molecule has 0 saturated carbocycles. The van der Waals surface area contributed by atoms with Gasteiger partial charge in [0.15, 0.2) is 0 Å². The molecule has 0 aliphatic rings. The van der Waals surface area contributed by atoms with Crippen molar-refractivity contribution < 1.29 is 0 Å². The molecule has 1 unspecified atom stereocenters. The number of anilines is 1. The van der Waals surface area contributed by atoms with E-state index in [2.05, 4.69) is 18.3 Å². The van der Waals surface area contributed by atoms with Gasteiger partial charge in [-0.2, -0.15) is 5.26 Å². The van der Waals surface area contributed by atoms with Crippen LogP contribution in [0.1, 0.15) is 29.7 Å². The fourth-order valence-corrected chi connectivity index (χ4v) is 2.13. The molecule has 2 aromatic rings. The predicted octanol–water partition coefficient (Wildman–Crippen LogP) is 4.69. The molecule has 3 heteroatoms. The molecule has 0 saturated heterocycles. The average molecular weight is 271 g/mol. The number of benzene rings is 2. The van der Waals surface area contributed by atoms with E-state index in [4.69, 9.17) is 11.6 Å². The monoisotopic (exact) mass is 270 g/mol. The Bertz CT molecular complexity index is 612. The summed E-state index contributed by atoms with van der Waals surface area (Å²) < 4.78 is 0. The number of nitrogens with one attached hydrogen (secondary N) is 1. The maximum atomic E-state index is 9.21. The number of hydrogen-bond donors (Lipinski definition) is 1. The average Bonchev–Trinajstić information content (AvgIpc) is 2.39. The third kappa shape index (κ3) is 3.07. The number of rotatable bonds is 3. The van der Waals surface area contributed by atoms with E-state index in [9.17, 15) is 5.26 Å². The minimum Gasteiger partial charge on any atom is -0.377 e. The van der Waals surface area contributed by atoms with E-state index in [1.165, 1.54) is 0 Å². The van der Waals surface area contributed by atoms with Crippen LogP contribution in [0.15, 0.2) is 42.5 Å². The van der Waals surface area contributed by atoms with Crippen molar-refractivity contribution in [3.05, 3.63) is 64.2 Å². The van der Waals surface area contributed by atoms with E-state index in [1.807, 2.05) is 49.4 Å². The summed E-state index contributed by atoms with van der Waals surface area (Å²) in [6.45, 7) is 4.00. The summed E-state index contributed by atoms with van der Waals surface area (Å²) in [4.78, 5) is 0. The summed E-state index contributed by atoms with van der Waals surface area (Å²) in [5.74, 6) is 0. The van der Waals surface area contributed by atoms with Crippen molar-refractivity contribution in [2.24, 2.45) is 0 Å². The molecule has 2 rings (SSSR count). The molecule has 0 aromatic heterocycles. The fraction of sp³-hybridized carbons (Fsp3) is 0.188. The summed E-state index contributed by atoms with van der Waals surface area (Å²) in [6.07, 6.45) is 0. The summed E-state index contributed by atoms with van der Waals surface area (Å²) in [5.41, 5.74) is 3.68. The van der Waals surface area contributed by atoms with Gasteiger partial charge in [0.25, 0.3) is 0 Å². The van der Waals surface area contributed by atoms with Crippen LogP contribution >= 0.6 is 11.6 Å². The second kappa shape index (κ2) is 5.77. The largest absolute Gasteiger partial charge is 0.377 e. The molecule has 1 N–H and O–H groups in total. The lowest BCUT2D eigenvalue weighted by molar-refractivity contribution is 0.883. The molecule has 0 heterocycles. The molecule has 0 amide bonds. The number of nitrogens with zero attached hydrogens (tertiary/aromatic N) is 1. The maximum Gasteiger partial charge on any atom is 0.102 e. The number of hydrogen-bond acceptors (Lipinski definition) is 2. The first kappa shape index (κ1) is 13.5. The molecule has 96 valence electrons. The summed E-state index contributed by atoms with van der Waals surface area (Å²) in [6, 6.07) is 15.9. The van der Waals surface area contributed by atoms with Gasteiger partial charge >= 0.3 is 0 Å². The van der Waals surface area contributed by atoms with Gasteiger partial charge in [-0.15, -0.1) is 0 Å². The Labute approximate surface area is 118 Å². The van der Waals surface area contributed by atoms with E-state index in [-0.39, 0.29) is 6.04 Å². The Morgan fingerprint density at radius 2 is 1.84 bits per heavy atom. The van der Waals surface area contributed by atoms with E-state index in [0.717, 1.165) is 21.8 Å². The lowest BCUT2D eigenvalue weighted by Gasteiger charge is -2.17. The SMILES string of the molecule is Cc1cccc(NC(C)c2ccc(Cl)cc2)c1C#N. The molecular formula is C16H15ClN2. The Kier molecular flexibility index (Phi) is 4.09. The van der Waals surface area contributed by atoms with Crippen LogP contribution in [0.5, 0.6) is 0 Å². The predicted molar refractivity (Wildman–Crippen MR) is 79.4 cm³/mol. The van der Waals surface area contributed by atoms with Gasteiger partial charge in [0.1, 0.15) is 6.07 Å². The second-order valence-electron chi connectivity index (χ2n) is 4.53. The molecule has 0 fully saturated rings. The Morgan fingerprint density at radius 3 is 2.47 bits per heavy atom. The lowest BCUT2D eigenvalue weighted by Crippen LogP contribution is -2.08. The molecule has 1 atom stereocenters. The standard InChI is InChI=1S/C16H15ClN2/c1-11-4-3-5-16(15(11)10-18)19-12(2)13-6-8-14(17)9-7-13/h3-9,12,19H,1-2H3. The van der Waals surface area contributed by atoms with Gasteiger partial charge in [0.05, 0.1) is 11.3 Å². The molecule has 0 radical (unpaired) electrons. The van der Waals surface area contributed by atoms with Crippen molar-refractivity contribution in [1.29, 1.82) is 5.26 Å². The highest BCUT2D eigenvalue weighted by Crippen LogP contribution is 2.24. The zero-order valence-corrected chi connectivity index (χ0v) is 11.7. The quantitative estimate of drug-likeness (QED) is 0.878. The van der Waals surface area contributed by atoms with Crippen LogP contribution in [0.2, 0.25) is 5.02 Å². The molecule has 0 bridgehead atoms. The van der Waals surface area contributed by atoms with Crippen LogP contribution in [-0.2, 0) is 0 Å². The molecule has 0 aliphatic carbocycles. The van der Waals surface area contributed by atoms with Gasteiger partial charge in [-0.3, -0.25) is 0 Å². The van der Waals surface area contributed by atoms with Gasteiger partial charge in [0.2, 0.25) is 0 Å². The van der Waals surface area contributed by atoms with E-state index in [1.54, 1.807) is 0 Å². The van der Waals surface area contributed by atoms with Gasteiger partial charge in [0, 0.05) is 11.1 Å². The molecule has 19 heavy (non-hydrogen) atoms. The zero-order chi connectivity index (χ0) is 13.8. The Morgan fingerprint density at radius 1 is 1.16 bits per heavy atom. The first-order chi connectivity index (χ1) is 9.11. The third-order valence-corrected chi connectivity index (χ3v) is 3.38. The summed E-state index contributed by atoms with van der Waals surface area (Å²) >= 11 is 5.88. The minimum atomic E-state index is 0.117. The van der Waals surface area contributed by atoms with Crippen LogP contribution < -0.4 is 5.32 Å². The van der Waals surface area contributed by atoms with Gasteiger partial charge in [-0.25, -0.2) is 0 Å². The fourth-order valence-electron chi connectivity index (χ4n) is 2.00. The third-order valence-electron chi connectivity index (χ3n) is 3.13. The molecule has 2 nitrogen and oxygen atoms in total. The van der Waals surface area contributed by atoms with Crippen molar-refractivity contribution in [2.75, 3.05) is 5.32 Å².